The molecule has 0 spiro atoms. The largest absolute Gasteiger partial charge is 0.350 e. The summed E-state index contributed by atoms with van der Waals surface area (Å²) in [4.78, 5) is 27.3. The van der Waals surface area contributed by atoms with Crippen LogP contribution < -0.4 is 10.2 Å². The molecule has 1 aliphatic heterocycles. The molecule has 0 aromatic carbocycles. The van der Waals surface area contributed by atoms with Crippen LogP contribution in [0.15, 0.2) is 24.7 Å². The third kappa shape index (κ3) is 2.91. The Kier molecular flexibility index (Phi) is 3.69. The van der Waals surface area contributed by atoms with Crippen LogP contribution in [0.25, 0.3) is 0 Å². The fraction of sp³-hybridized carbons (Fsp3) is 0.500. The molecule has 7 heteroatoms. The Balaban J connectivity index is 1.40. The second-order valence-corrected chi connectivity index (χ2v) is 6.16. The number of imidazole rings is 1. The van der Waals surface area contributed by atoms with Crippen LogP contribution in [0.4, 0.5) is 5.95 Å². The molecule has 1 N–H and O–H groups in total. The number of carbonyl (C=O) groups excluding carboxylic acids is 1. The van der Waals surface area contributed by atoms with Gasteiger partial charge in [0, 0.05) is 37.6 Å². The number of carbonyl (C=O) groups is 1. The quantitative estimate of drug-likeness (QED) is 0.915. The van der Waals surface area contributed by atoms with Crippen LogP contribution in [-0.4, -0.2) is 32.0 Å². The van der Waals surface area contributed by atoms with E-state index in [1.807, 2.05) is 12.3 Å². The highest BCUT2D eigenvalue weighted by Crippen LogP contribution is 2.26. The van der Waals surface area contributed by atoms with E-state index in [0.29, 0.717) is 13.1 Å². The lowest BCUT2D eigenvalue weighted by Crippen LogP contribution is -2.34. The molecular formula is C16H20N6O. The summed E-state index contributed by atoms with van der Waals surface area (Å²) in [6.07, 6.45) is 8.78. The highest BCUT2D eigenvalue weighted by Gasteiger charge is 2.25. The number of hydrogen-bond donors (Lipinski definition) is 1. The molecule has 1 fully saturated rings. The van der Waals surface area contributed by atoms with Crippen molar-refractivity contribution in [2.45, 2.75) is 38.9 Å². The van der Waals surface area contributed by atoms with E-state index in [4.69, 9.17) is 0 Å². The second kappa shape index (κ2) is 5.98. The van der Waals surface area contributed by atoms with Gasteiger partial charge in [-0.15, -0.1) is 0 Å². The average Bonchev–Trinajstić information content (AvgIpc) is 2.94. The maximum atomic E-state index is 11.9. The Morgan fingerprint density at radius 3 is 2.83 bits per heavy atom. The van der Waals surface area contributed by atoms with Gasteiger partial charge in [0.15, 0.2) is 0 Å². The van der Waals surface area contributed by atoms with Gasteiger partial charge in [-0.25, -0.2) is 15.0 Å². The molecule has 0 radical (unpaired) electrons. The zero-order chi connectivity index (χ0) is 15.6. The van der Waals surface area contributed by atoms with Crippen molar-refractivity contribution in [2.24, 2.45) is 5.92 Å². The second-order valence-electron chi connectivity index (χ2n) is 6.16. The Hall–Kier alpha value is -2.44. The van der Waals surface area contributed by atoms with Gasteiger partial charge in [-0.3, -0.25) is 4.79 Å². The number of rotatable bonds is 4. The molecule has 7 nitrogen and oxygen atoms in total. The first kappa shape index (κ1) is 14.2. The number of nitrogens with zero attached hydrogens (tertiary/aromatic N) is 5. The number of hydrogen-bond acceptors (Lipinski definition) is 5. The standard InChI is InChI=1S/C16H20N6O/c23-15(12-3-1-4-12)19-9-13-10-21-7-8-22(11-14(21)20-13)16-17-5-2-6-18-16/h2,5-6,10,12H,1,3-4,7-9,11H2,(H,19,23). The van der Waals surface area contributed by atoms with E-state index in [2.05, 4.69) is 29.7 Å². The molecule has 23 heavy (non-hydrogen) atoms. The number of fused-ring (bicyclic) bond motifs is 1. The van der Waals surface area contributed by atoms with Crippen LogP contribution in [-0.2, 0) is 24.4 Å². The van der Waals surface area contributed by atoms with Crippen LogP contribution in [0.2, 0.25) is 0 Å². The van der Waals surface area contributed by atoms with Crippen LogP contribution in [0, 0.1) is 5.92 Å². The monoisotopic (exact) mass is 312 g/mol. The molecule has 1 saturated carbocycles. The van der Waals surface area contributed by atoms with Gasteiger partial charge in [-0.1, -0.05) is 6.42 Å². The zero-order valence-electron chi connectivity index (χ0n) is 13.0. The van der Waals surface area contributed by atoms with E-state index < -0.39 is 0 Å². The first-order chi connectivity index (χ1) is 11.3. The number of nitrogens with one attached hydrogen (secondary N) is 1. The van der Waals surface area contributed by atoms with E-state index in [1.165, 1.54) is 6.42 Å². The molecule has 3 heterocycles. The summed E-state index contributed by atoms with van der Waals surface area (Å²) in [5.74, 6) is 2.12. The van der Waals surface area contributed by atoms with E-state index in [0.717, 1.165) is 43.4 Å². The molecule has 0 unspecified atom stereocenters. The van der Waals surface area contributed by atoms with E-state index in [1.54, 1.807) is 12.4 Å². The predicted molar refractivity (Wildman–Crippen MR) is 84.5 cm³/mol. The van der Waals surface area contributed by atoms with E-state index in [9.17, 15) is 4.79 Å². The van der Waals surface area contributed by atoms with Gasteiger partial charge in [0.25, 0.3) is 0 Å². The first-order valence-electron chi connectivity index (χ1n) is 8.14. The third-order valence-electron chi connectivity index (χ3n) is 4.61. The van der Waals surface area contributed by atoms with Crippen molar-refractivity contribution >= 4 is 11.9 Å². The predicted octanol–water partition coefficient (Wildman–Crippen LogP) is 1.11. The van der Waals surface area contributed by atoms with Gasteiger partial charge in [0.2, 0.25) is 11.9 Å². The summed E-state index contributed by atoms with van der Waals surface area (Å²) in [6.45, 7) is 2.93. The highest BCUT2D eigenvalue weighted by molar-refractivity contribution is 5.79. The Morgan fingerprint density at radius 1 is 1.26 bits per heavy atom. The molecule has 1 amide bonds. The molecule has 0 bridgehead atoms. The van der Waals surface area contributed by atoms with Gasteiger partial charge >= 0.3 is 0 Å². The van der Waals surface area contributed by atoms with Crippen LogP contribution in [0.3, 0.4) is 0 Å². The van der Waals surface area contributed by atoms with Crippen molar-refractivity contribution in [1.82, 2.24) is 24.8 Å². The molecular weight excluding hydrogens is 292 g/mol. The molecule has 4 rings (SSSR count). The Bertz CT molecular complexity index is 694. The average molecular weight is 312 g/mol. The topological polar surface area (TPSA) is 75.9 Å². The highest BCUT2D eigenvalue weighted by atomic mass is 16.1. The van der Waals surface area contributed by atoms with Gasteiger partial charge in [-0.05, 0) is 18.9 Å². The van der Waals surface area contributed by atoms with Crippen molar-refractivity contribution in [1.29, 1.82) is 0 Å². The fourth-order valence-corrected chi connectivity index (χ4v) is 3.01. The first-order valence-corrected chi connectivity index (χ1v) is 8.14. The minimum absolute atomic E-state index is 0.168. The lowest BCUT2D eigenvalue weighted by atomic mass is 9.85. The molecule has 2 aliphatic rings. The molecule has 0 atom stereocenters. The molecule has 120 valence electrons. The van der Waals surface area contributed by atoms with Gasteiger partial charge < -0.3 is 14.8 Å². The van der Waals surface area contributed by atoms with E-state index >= 15 is 0 Å². The maximum Gasteiger partial charge on any atom is 0.225 e. The van der Waals surface area contributed by atoms with Crippen LogP contribution in [0.1, 0.15) is 30.8 Å². The van der Waals surface area contributed by atoms with Crippen molar-refractivity contribution in [3.63, 3.8) is 0 Å². The summed E-state index contributed by atoms with van der Waals surface area (Å²) >= 11 is 0. The van der Waals surface area contributed by atoms with Gasteiger partial charge in [0.1, 0.15) is 5.82 Å². The van der Waals surface area contributed by atoms with Crippen molar-refractivity contribution < 1.29 is 4.79 Å². The summed E-state index contributed by atoms with van der Waals surface area (Å²) in [7, 11) is 0. The fourth-order valence-electron chi connectivity index (χ4n) is 3.01. The van der Waals surface area contributed by atoms with Gasteiger partial charge in [-0.2, -0.15) is 0 Å². The van der Waals surface area contributed by atoms with E-state index in [-0.39, 0.29) is 11.8 Å². The van der Waals surface area contributed by atoms with Crippen molar-refractivity contribution in [2.75, 3.05) is 11.4 Å². The van der Waals surface area contributed by atoms with Gasteiger partial charge in [0.05, 0.1) is 18.8 Å². The number of aromatic nitrogens is 4. The Morgan fingerprint density at radius 2 is 2.09 bits per heavy atom. The lowest BCUT2D eigenvalue weighted by molar-refractivity contribution is -0.127. The minimum atomic E-state index is 0.168. The summed E-state index contributed by atoms with van der Waals surface area (Å²) in [5, 5.41) is 3.00. The number of anilines is 1. The normalized spacial score (nSPS) is 17.5. The molecule has 0 saturated heterocycles. The summed E-state index contributed by atoms with van der Waals surface area (Å²) in [5.41, 5.74) is 0.920. The molecule has 2 aromatic heterocycles. The zero-order valence-corrected chi connectivity index (χ0v) is 13.0. The maximum absolute atomic E-state index is 11.9. The summed E-state index contributed by atoms with van der Waals surface area (Å²) in [6, 6.07) is 1.82. The molecule has 2 aromatic rings. The third-order valence-corrected chi connectivity index (χ3v) is 4.61. The van der Waals surface area contributed by atoms with Crippen LogP contribution >= 0.6 is 0 Å². The Labute approximate surface area is 134 Å². The van der Waals surface area contributed by atoms with Crippen molar-refractivity contribution in [3.8, 4) is 0 Å². The lowest BCUT2D eigenvalue weighted by Gasteiger charge is -2.27. The van der Waals surface area contributed by atoms with Crippen molar-refractivity contribution in [3.05, 3.63) is 36.2 Å². The SMILES string of the molecule is O=C(NCc1cn2c(n1)CN(c1ncccn1)CC2)C1CCC1. The molecule has 1 aliphatic carbocycles. The number of amides is 1. The minimum Gasteiger partial charge on any atom is -0.350 e. The summed E-state index contributed by atoms with van der Waals surface area (Å²) < 4.78 is 2.16. The van der Waals surface area contributed by atoms with Crippen LogP contribution in [0.5, 0.6) is 0 Å². The smallest absolute Gasteiger partial charge is 0.225 e.